The maximum atomic E-state index is 11.3. The molecule has 0 aliphatic carbocycles. The van der Waals surface area contributed by atoms with Crippen LogP contribution < -0.4 is 14.4 Å². The Hall–Kier alpha value is -3.15. The van der Waals surface area contributed by atoms with Crippen LogP contribution in [0.3, 0.4) is 0 Å². The number of aliphatic hydroxyl groups is 1. The van der Waals surface area contributed by atoms with Crippen LogP contribution in [-0.4, -0.2) is 63.3 Å². The third kappa shape index (κ3) is 8.62. The van der Waals surface area contributed by atoms with Crippen molar-refractivity contribution < 1.29 is 51.4 Å². The summed E-state index contributed by atoms with van der Waals surface area (Å²) in [4.78, 5) is 31.6. The zero-order chi connectivity index (χ0) is 23.6. The first-order valence-electron chi connectivity index (χ1n) is 8.36. The molecule has 1 amide bonds. The number of ether oxygens (including phenoxy) is 1. The molecular weight excluding hydrogens is 481 g/mol. The number of benzene rings is 2. The molecule has 0 spiro atoms. The number of hydrogen-bond donors (Lipinski definition) is 6. The summed E-state index contributed by atoms with van der Waals surface area (Å²) in [5, 5.41) is 37.0. The van der Waals surface area contributed by atoms with E-state index >= 15 is 0 Å². The topological polar surface area (TPSA) is 200 Å². The fraction of sp³-hybridized carbons (Fsp3) is 0.167. The average Bonchev–Trinajstić information content (AvgIpc) is 2.72. The van der Waals surface area contributed by atoms with Gasteiger partial charge in [-0.3, -0.25) is 0 Å². The molecule has 2 atom stereocenters. The average molecular weight is 501 g/mol. The van der Waals surface area contributed by atoms with Gasteiger partial charge in [0.1, 0.15) is 5.75 Å². The van der Waals surface area contributed by atoms with Crippen molar-refractivity contribution in [3.63, 3.8) is 0 Å². The van der Waals surface area contributed by atoms with Crippen LogP contribution in [-0.2, 0) is 22.0 Å². The van der Waals surface area contributed by atoms with Crippen LogP contribution in [0.5, 0.6) is 5.75 Å². The van der Waals surface area contributed by atoms with Crippen molar-refractivity contribution in [1.82, 2.24) is 0 Å². The second-order valence-electron chi connectivity index (χ2n) is 5.79. The summed E-state index contributed by atoms with van der Waals surface area (Å²) >= 11 is -4.83. The van der Waals surface area contributed by atoms with Gasteiger partial charge in [-0.1, -0.05) is 18.2 Å². The van der Waals surface area contributed by atoms with Crippen molar-refractivity contribution in [1.29, 1.82) is 0 Å². The maximum Gasteiger partial charge on any atom is 0.341 e. The molecule has 0 fully saturated rings. The van der Waals surface area contributed by atoms with E-state index in [2.05, 4.69) is 9.19 Å². The minimum absolute atomic E-state index is 0.0243. The van der Waals surface area contributed by atoms with E-state index in [1.807, 2.05) is 0 Å². The Morgan fingerprint density at radius 2 is 1.74 bits per heavy atom. The first-order valence-corrected chi connectivity index (χ1v) is 11.7. The van der Waals surface area contributed by atoms with E-state index in [0.717, 1.165) is 0 Å². The van der Waals surface area contributed by atoms with E-state index in [9.17, 15) is 27.3 Å². The first-order chi connectivity index (χ1) is 14.5. The van der Waals surface area contributed by atoms with Gasteiger partial charge in [-0.05, 0) is 6.07 Å². The third-order valence-electron chi connectivity index (χ3n) is 3.40. The zero-order valence-corrected chi connectivity index (χ0v) is 17.9. The fourth-order valence-corrected chi connectivity index (χ4v) is 3.53. The van der Waals surface area contributed by atoms with Gasteiger partial charge >= 0.3 is 100 Å². The number of aliphatic carboxylic acids is 2. The van der Waals surface area contributed by atoms with E-state index in [0.29, 0.717) is 5.69 Å². The Bertz CT molecular complexity index is 978. The molecule has 0 aromatic heterocycles. The number of carboxylic acid groups (broad SMARTS) is 2. The summed E-state index contributed by atoms with van der Waals surface area (Å²) in [6, 6.07) is 11.5. The zero-order valence-electron chi connectivity index (χ0n) is 16.0. The first kappa shape index (κ1) is 25.9. The van der Waals surface area contributed by atoms with Crippen molar-refractivity contribution in [3.8, 4) is 5.75 Å². The van der Waals surface area contributed by atoms with Crippen LogP contribution in [0, 0.1) is 0 Å². The Morgan fingerprint density at radius 1 is 1.10 bits per heavy atom. The Balaban J connectivity index is 0.000000311. The molecule has 0 aliphatic rings. The molecule has 6 N–H and O–H groups in total. The molecule has 0 saturated carbocycles. The number of amides is 1. The number of aliphatic hydroxyl groups excluding tert-OH is 1. The van der Waals surface area contributed by atoms with Crippen molar-refractivity contribution >= 4 is 42.1 Å². The second-order valence-corrected chi connectivity index (χ2v) is 9.40. The third-order valence-corrected chi connectivity index (χ3v) is 5.82. The van der Waals surface area contributed by atoms with Gasteiger partial charge in [0, 0.05) is 5.56 Å². The molecule has 2 unspecified atom stereocenters. The molecule has 31 heavy (non-hydrogen) atoms. The van der Waals surface area contributed by atoms with Gasteiger partial charge in [-0.15, -0.1) is 0 Å². The number of hydrogen-bond acceptors (Lipinski definition) is 8. The molecule has 0 bridgehead atoms. The standard InChI is InChI=1S/C10H10O6.C8H10AsNO5/c11-8(12)5-16-7-4-2-1-3-6(7)9(13)10(14)15;1-6(11)10-8-4-2-3-7(5-8)9(12,13)15-14/h1-4,9,13H,5H2,(H,11,12)(H,14,15);2-5,14H,1H3,(H,10,11)(H,12,13). The summed E-state index contributed by atoms with van der Waals surface area (Å²) in [7, 11) is 0. The Labute approximate surface area is 178 Å². The van der Waals surface area contributed by atoms with E-state index in [4.69, 9.17) is 20.2 Å². The smallest absolute Gasteiger partial charge is 0.341 e. The molecule has 0 heterocycles. The number of para-hydroxylation sites is 1. The number of carboxylic acids is 2. The Morgan fingerprint density at radius 3 is 2.29 bits per heavy atom. The van der Waals surface area contributed by atoms with E-state index < -0.39 is 38.8 Å². The number of carbonyl (C=O) groups excluding carboxylic acids is 1. The van der Waals surface area contributed by atoms with Crippen LogP contribution in [0.4, 0.5) is 5.69 Å². The molecule has 0 saturated heterocycles. The molecular formula is C18H20AsNO11. The van der Waals surface area contributed by atoms with Gasteiger partial charge in [0.05, 0.1) is 0 Å². The SMILES string of the molecule is CC(=O)Nc1cccc([As](=O)(O)OO)c1.O=C(O)COc1ccccc1C(O)C(=O)O. The second kappa shape index (κ2) is 11.9. The van der Waals surface area contributed by atoms with Crippen LogP contribution in [0.25, 0.3) is 0 Å². The molecule has 2 rings (SSSR count). The van der Waals surface area contributed by atoms with Crippen LogP contribution in [0.2, 0.25) is 0 Å². The van der Waals surface area contributed by atoms with Crippen molar-refractivity contribution in [2.75, 3.05) is 11.9 Å². The minimum atomic E-state index is -4.83. The minimum Gasteiger partial charge on any atom is -0.482 e. The molecule has 2 aromatic rings. The van der Waals surface area contributed by atoms with Crippen LogP contribution in [0.1, 0.15) is 18.6 Å². The quantitative estimate of drug-likeness (QED) is 0.161. The normalized spacial score (nSPS) is 13.0. The van der Waals surface area contributed by atoms with Gasteiger partial charge in [0.15, 0.2) is 12.7 Å². The molecule has 12 nitrogen and oxygen atoms in total. The monoisotopic (exact) mass is 501 g/mol. The van der Waals surface area contributed by atoms with Gasteiger partial charge in [0.2, 0.25) is 0 Å². The van der Waals surface area contributed by atoms with Gasteiger partial charge < -0.3 is 20.1 Å². The van der Waals surface area contributed by atoms with Crippen molar-refractivity contribution in [3.05, 3.63) is 54.1 Å². The largest absolute Gasteiger partial charge is 0.482 e. The van der Waals surface area contributed by atoms with Gasteiger partial charge in [-0.2, -0.15) is 0 Å². The molecule has 13 heteroatoms. The number of carbonyl (C=O) groups is 3. The molecule has 168 valence electrons. The van der Waals surface area contributed by atoms with Crippen LogP contribution in [0.15, 0.2) is 48.5 Å². The van der Waals surface area contributed by atoms with Crippen molar-refractivity contribution in [2.24, 2.45) is 0 Å². The van der Waals surface area contributed by atoms with E-state index in [1.165, 1.54) is 43.3 Å². The van der Waals surface area contributed by atoms with Crippen molar-refractivity contribution in [2.45, 2.75) is 13.0 Å². The Kier molecular flexibility index (Phi) is 9.92. The maximum absolute atomic E-state index is 11.3. The molecule has 0 aliphatic heterocycles. The summed E-state index contributed by atoms with van der Waals surface area (Å²) < 4.78 is 28.8. The number of nitrogens with one attached hydrogen (secondary N) is 1. The summed E-state index contributed by atoms with van der Waals surface area (Å²) in [6.45, 7) is 0.724. The summed E-state index contributed by atoms with van der Waals surface area (Å²) in [6.07, 6.45) is -1.73. The van der Waals surface area contributed by atoms with E-state index in [-0.39, 0.29) is 21.6 Å². The predicted molar refractivity (Wildman–Crippen MR) is 105 cm³/mol. The number of anilines is 1. The van der Waals surface area contributed by atoms with E-state index in [1.54, 1.807) is 12.1 Å². The summed E-state index contributed by atoms with van der Waals surface area (Å²) in [5.74, 6) is -2.86. The number of rotatable bonds is 8. The van der Waals surface area contributed by atoms with Gasteiger partial charge in [0.25, 0.3) is 0 Å². The molecule has 0 radical (unpaired) electrons. The fourth-order valence-electron chi connectivity index (χ4n) is 2.12. The summed E-state index contributed by atoms with van der Waals surface area (Å²) in [5.41, 5.74) is 0.393. The molecule has 2 aromatic carbocycles. The van der Waals surface area contributed by atoms with Gasteiger partial charge in [-0.25, -0.2) is 9.59 Å². The predicted octanol–water partition coefficient (Wildman–Crippen LogP) is -0.0287. The van der Waals surface area contributed by atoms with Crippen LogP contribution >= 0.6 is 0 Å².